The third-order valence-electron chi connectivity index (χ3n) is 2.95. The van der Waals surface area contributed by atoms with E-state index in [0.717, 1.165) is 17.9 Å². The second kappa shape index (κ2) is 4.97. The Balaban J connectivity index is 2.45. The van der Waals surface area contributed by atoms with E-state index >= 15 is 0 Å². The van der Waals surface area contributed by atoms with Crippen molar-refractivity contribution in [3.8, 4) is 0 Å². The molecule has 1 saturated heterocycles. The molecule has 2 atom stereocenters. The molecule has 0 aromatic heterocycles. The fourth-order valence-electron chi connectivity index (χ4n) is 2.25. The Labute approximate surface area is 82.7 Å². The molecule has 2 heteroatoms. The van der Waals surface area contributed by atoms with E-state index in [4.69, 9.17) is 0 Å². The number of rotatable bonds is 4. The molecule has 1 aliphatic rings. The lowest BCUT2D eigenvalue weighted by molar-refractivity contribution is 0.167. The Morgan fingerprint density at radius 2 is 2.08 bits per heavy atom. The monoisotopic (exact) mass is 184 g/mol. The second-order valence-corrected chi connectivity index (χ2v) is 4.68. The van der Waals surface area contributed by atoms with E-state index in [1.165, 1.54) is 26.2 Å². The summed E-state index contributed by atoms with van der Waals surface area (Å²) in [6, 6.07) is 0.771. The lowest BCUT2D eigenvalue weighted by Gasteiger charge is -2.31. The summed E-state index contributed by atoms with van der Waals surface area (Å²) in [6.45, 7) is 14.0. The van der Waals surface area contributed by atoms with Crippen LogP contribution in [-0.2, 0) is 0 Å². The molecule has 2 nitrogen and oxygen atoms in total. The van der Waals surface area contributed by atoms with E-state index in [-0.39, 0.29) is 0 Å². The van der Waals surface area contributed by atoms with Crippen molar-refractivity contribution in [1.82, 2.24) is 10.2 Å². The SMILES string of the molecule is CCN(CC(C)C)C1CNCC1C. The van der Waals surface area contributed by atoms with Crippen LogP contribution in [0.2, 0.25) is 0 Å². The third-order valence-corrected chi connectivity index (χ3v) is 2.95. The molecule has 13 heavy (non-hydrogen) atoms. The van der Waals surface area contributed by atoms with E-state index in [0.29, 0.717) is 0 Å². The van der Waals surface area contributed by atoms with E-state index in [1.54, 1.807) is 0 Å². The summed E-state index contributed by atoms with van der Waals surface area (Å²) in [5.74, 6) is 1.60. The Bertz CT molecular complexity index is 145. The molecule has 0 spiro atoms. The predicted molar refractivity (Wildman–Crippen MR) is 57.9 cm³/mol. The summed E-state index contributed by atoms with van der Waals surface area (Å²) >= 11 is 0. The normalized spacial score (nSPS) is 29.1. The number of nitrogens with zero attached hydrogens (tertiary/aromatic N) is 1. The van der Waals surface area contributed by atoms with Crippen molar-refractivity contribution < 1.29 is 0 Å². The van der Waals surface area contributed by atoms with Gasteiger partial charge in [0.2, 0.25) is 0 Å². The minimum atomic E-state index is 0.771. The van der Waals surface area contributed by atoms with Crippen molar-refractivity contribution in [2.75, 3.05) is 26.2 Å². The van der Waals surface area contributed by atoms with Crippen LogP contribution in [0.15, 0.2) is 0 Å². The summed E-state index contributed by atoms with van der Waals surface area (Å²) in [5, 5.41) is 3.47. The molecule has 1 rings (SSSR count). The standard InChI is InChI=1S/C11H24N2/c1-5-13(8-9(2)3)11-7-12-6-10(11)4/h9-12H,5-8H2,1-4H3. The first-order valence-electron chi connectivity index (χ1n) is 5.59. The van der Waals surface area contributed by atoms with Gasteiger partial charge in [0.15, 0.2) is 0 Å². The van der Waals surface area contributed by atoms with Gasteiger partial charge in [0, 0.05) is 19.1 Å². The molecule has 0 amide bonds. The van der Waals surface area contributed by atoms with Crippen LogP contribution in [0.4, 0.5) is 0 Å². The van der Waals surface area contributed by atoms with Crippen molar-refractivity contribution >= 4 is 0 Å². The quantitative estimate of drug-likeness (QED) is 0.713. The molecule has 1 heterocycles. The molecular formula is C11H24N2. The van der Waals surface area contributed by atoms with Crippen LogP contribution in [-0.4, -0.2) is 37.1 Å². The Kier molecular flexibility index (Phi) is 4.20. The third kappa shape index (κ3) is 2.96. The Morgan fingerprint density at radius 3 is 2.46 bits per heavy atom. The van der Waals surface area contributed by atoms with Crippen molar-refractivity contribution in [2.45, 2.75) is 33.7 Å². The number of likely N-dealkylation sites (N-methyl/N-ethyl adjacent to an activating group) is 1. The number of hydrogen-bond donors (Lipinski definition) is 1. The van der Waals surface area contributed by atoms with Crippen LogP contribution in [0.5, 0.6) is 0 Å². The molecule has 2 unspecified atom stereocenters. The van der Waals surface area contributed by atoms with E-state index in [1.807, 2.05) is 0 Å². The van der Waals surface area contributed by atoms with Crippen LogP contribution in [0.3, 0.4) is 0 Å². The summed E-state index contributed by atoms with van der Waals surface area (Å²) in [7, 11) is 0. The molecule has 0 saturated carbocycles. The molecular weight excluding hydrogens is 160 g/mol. The minimum absolute atomic E-state index is 0.771. The molecule has 78 valence electrons. The van der Waals surface area contributed by atoms with Crippen LogP contribution < -0.4 is 5.32 Å². The summed E-state index contributed by atoms with van der Waals surface area (Å²) < 4.78 is 0. The molecule has 0 aliphatic carbocycles. The van der Waals surface area contributed by atoms with E-state index in [9.17, 15) is 0 Å². The molecule has 0 bridgehead atoms. The molecule has 1 N–H and O–H groups in total. The summed E-state index contributed by atoms with van der Waals surface area (Å²) in [5.41, 5.74) is 0. The van der Waals surface area contributed by atoms with Crippen molar-refractivity contribution in [2.24, 2.45) is 11.8 Å². The van der Waals surface area contributed by atoms with Crippen molar-refractivity contribution in [1.29, 1.82) is 0 Å². The highest BCUT2D eigenvalue weighted by Gasteiger charge is 2.27. The van der Waals surface area contributed by atoms with E-state index in [2.05, 4.69) is 37.9 Å². The summed E-state index contributed by atoms with van der Waals surface area (Å²) in [4.78, 5) is 2.62. The molecule has 0 radical (unpaired) electrons. The number of hydrogen-bond acceptors (Lipinski definition) is 2. The second-order valence-electron chi connectivity index (χ2n) is 4.68. The van der Waals surface area contributed by atoms with Gasteiger partial charge in [0.1, 0.15) is 0 Å². The topological polar surface area (TPSA) is 15.3 Å². The van der Waals surface area contributed by atoms with Crippen LogP contribution in [0.1, 0.15) is 27.7 Å². The van der Waals surface area contributed by atoms with Crippen molar-refractivity contribution in [3.63, 3.8) is 0 Å². The zero-order valence-electron chi connectivity index (χ0n) is 9.51. The highest BCUT2D eigenvalue weighted by molar-refractivity contribution is 4.86. The number of nitrogens with one attached hydrogen (secondary N) is 1. The van der Waals surface area contributed by atoms with Gasteiger partial charge >= 0.3 is 0 Å². The Morgan fingerprint density at radius 1 is 1.38 bits per heavy atom. The fourth-order valence-corrected chi connectivity index (χ4v) is 2.25. The molecule has 1 aliphatic heterocycles. The van der Waals surface area contributed by atoms with Gasteiger partial charge in [-0.15, -0.1) is 0 Å². The zero-order valence-corrected chi connectivity index (χ0v) is 9.51. The average Bonchev–Trinajstić information content (AvgIpc) is 2.47. The highest BCUT2D eigenvalue weighted by Crippen LogP contribution is 2.16. The van der Waals surface area contributed by atoms with Crippen molar-refractivity contribution in [3.05, 3.63) is 0 Å². The van der Waals surface area contributed by atoms with Gasteiger partial charge in [-0.25, -0.2) is 0 Å². The predicted octanol–water partition coefficient (Wildman–Crippen LogP) is 1.57. The summed E-state index contributed by atoms with van der Waals surface area (Å²) in [6.07, 6.45) is 0. The van der Waals surface area contributed by atoms with Crippen LogP contribution in [0.25, 0.3) is 0 Å². The van der Waals surface area contributed by atoms with Gasteiger partial charge in [-0.05, 0) is 24.9 Å². The lowest BCUT2D eigenvalue weighted by atomic mass is 10.0. The first kappa shape index (κ1) is 11.0. The van der Waals surface area contributed by atoms with Gasteiger partial charge in [-0.1, -0.05) is 27.7 Å². The fraction of sp³-hybridized carbons (Fsp3) is 1.00. The van der Waals surface area contributed by atoms with Gasteiger partial charge in [-0.3, -0.25) is 4.90 Å². The average molecular weight is 184 g/mol. The Hall–Kier alpha value is -0.0800. The minimum Gasteiger partial charge on any atom is -0.315 e. The highest BCUT2D eigenvalue weighted by atomic mass is 15.2. The molecule has 0 aromatic carbocycles. The van der Waals surface area contributed by atoms with Crippen LogP contribution >= 0.6 is 0 Å². The van der Waals surface area contributed by atoms with Gasteiger partial charge < -0.3 is 5.32 Å². The molecule has 1 fully saturated rings. The maximum atomic E-state index is 3.47. The smallest absolute Gasteiger partial charge is 0.0258 e. The van der Waals surface area contributed by atoms with Gasteiger partial charge in [0.25, 0.3) is 0 Å². The zero-order chi connectivity index (χ0) is 9.84. The van der Waals surface area contributed by atoms with Gasteiger partial charge in [-0.2, -0.15) is 0 Å². The van der Waals surface area contributed by atoms with Crippen LogP contribution in [0, 0.1) is 11.8 Å². The first-order chi connectivity index (χ1) is 6.15. The molecule has 0 aromatic rings. The van der Waals surface area contributed by atoms with Gasteiger partial charge in [0.05, 0.1) is 0 Å². The largest absolute Gasteiger partial charge is 0.315 e. The first-order valence-corrected chi connectivity index (χ1v) is 5.59. The maximum absolute atomic E-state index is 3.47. The lowest BCUT2D eigenvalue weighted by Crippen LogP contribution is -2.41. The maximum Gasteiger partial charge on any atom is 0.0258 e. The van der Waals surface area contributed by atoms with E-state index < -0.39 is 0 Å².